The standard InChI is InChI=1S/C13H18N4O2/c1-4-8-16(3)13(18)10-9-17-11(14-10)6-7-12(15-17)19-5-2/h6-7,9H,4-5,8H2,1-3H3. The summed E-state index contributed by atoms with van der Waals surface area (Å²) < 4.78 is 6.88. The van der Waals surface area contributed by atoms with Gasteiger partial charge in [0.15, 0.2) is 5.65 Å². The van der Waals surface area contributed by atoms with E-state index in [2.05, 4.69) is 10.1 Å². The Morgan fingerprint density at radius 3 is 2.89 bits per heavy atom. The summed E-state index contributed by atoms with van der Waals surface area (Å²) in [6.45, 7) is 5.19. The molecule has 0 aliphatic rings. The van der Waals surface area contributed by atoms with Crippen molar-refractivity contribution in [3.8, 4) is 5.88 Å². The number of rotatable bonds is 5. The average Bonchev–Trinajstić information content (AvgIpc) is 2.81. The maximum atomic E-state index is 12.1. The van der Waals surface area contributed by atoms with E-state index >= 15 is 0 Å². The van der Waals surface area contributed by atoms with Gasteiger partial charge in [0.2, 0.25) is 5.88 Å². The van der Waals surface area contributed by atoms with Gasteiger partial charge in [-0.3, -0.25) is 4.79 Å². The third-order valence-corrected chi connectivity index (χ3v) is 2.71. The second-order valence-corrected chi connectivity index (χ2v) is 4.26. The summed E-state index contributed by atoms with van der Waals surface area (Å²) in [6.07, 6.45) is 2.55. The topological polar surface area (TPSA) is 59.7 Å². The van der Waals surface area contributed by atoms with Crippen LogP contribution in [0.25, 0.3) is 5.65 Å². The fourth-order valence-electron chi connectivity index (χ4n) is 1.82. The number of nitrogens with zero attached hydrogens (tertiary/aromatic N) is 4. The Labute approximate surface area is 112 Å². The first-order valence-corrected chi connectivity index (χ1v) is 6.40. The molecule has 2 rings (SSSR count). The number of hydrogen-bond donors (Lipinski definition) is 0. The first kappa shape index (κ1) is 13.3. The molecule has 0 aliphatic carbocycles. The Hall–Kier alpha value is -2.11. The van der Waals surface area contributed by atoms with Gasteiger partial charge >= 0.3 is 0 Å². The number of aromatic nitrogens is 3. The van der Waals surface area contributed by atoms with Crippen molar-refractivity contribution in [3.05, 3.63) is 24.0 Å². The molecule has 0 atom stereocenters. The Morgan fingerprint density at radius 1 is 1.42 bits per heavy atom. The van der Waals surface area contributed by atoms with Crippen molar-refractivity contribution >= 4 is 11.6 Å². The number of amides is 1. The normalized spacial score (nSPS) is 10.7. The lowest BCUT2D eigenvalue weighted by molar-refractivity contribution is 0.0790. The number of fused-ring (bicyclic) bond motifs is 1. The van der Waals surface area contributed by atoms with Crippen LogP contribution in [0.5, 0.6) is 5.88 Å². The van der Waals surface area contributed by atoms with Gasteiger partial charge in [0.05, 0.1) is 12.8 Å². The highest BCUT2D eigenvalue weighted by molar-refractivity contribution is 5.92. The summed E-state index contributed by atoms with van der Waals surface area (Å²) in [5.41, 5.74) is 1.04. The van der Waals surface area contributed by atoms with Crippen LogP contribution in [0.1, 0.15) is 30.8 Å². The van der Waals surface area contributed by atoms with E-state index in [1.54, 1.807) is 34.8 Å². The van der Waals surface area contributed by atoms with Crippen molar-refractivity contribution in [1.29, 1.82) is 0 Å². The second-order valence-electron chi connectivity index (χ2n) is 4.26. The molecule has 0 N–H and O–H groups in total. The Morgan fingerprint density at radius 2 is 2.21 bits per heavy atom. The van der Waals surface area contributed by atoms with Gasteiger partial charge in [-0.15, -0.1) is 5.10 Å². The zero-order valence-electron chi connectivity index (χ0n) is 11.5. The van der Waals surface area contributed by atoms with Crippen LogP contribution in [0.3, 0.4) is 0 Å². The van der Waals surface area contributed by atoms with Gasteiger partial charge < -0.3 is 9.64 Å². The van der Waals surface area contributed by atoms with Crippen LogP contribution < -0.4 is 4.74 Å². The Bertz CT molecular complexity index is 579. The monoisotopic (exact) mass is 262 g/mol. The van der Waals surface area contributed by atoms with Crippen molar-refractivity contribution in [2.75, 3.05) is 20.2 Å². The van der Waals surface area contributed by atoms with Crippen LogP contribution in [0.4, 0.5) is 0 Å². The molecule has 0 bridgehead atoms. The molecule has 0 fully saturated rings. The van der Waals surface area contributed by atoms with Gasteiger partial charge in [-0.1, -0.05) is 6.92 Å². The molecule has 0 aliphatic heterocycles. The fourth-order valence-corrected chi connectivity index (χ4v) is 1.82. The molecule has 0 saturated carbocycles. The van der Waals surface area contributed by atoms with Crippen LogP contribution in [-0.2, 0) is 0 Å². The number of carbonyl (C=O) groups excluding carboxylic acids is 1. The summed E-state index contributed by atoms with van der Waals surface area (Å²) in [7, 11) is 1.77. The van der Waals surface area contributed by atoms with Crippen molar-refractivity contribution < 1.29 is 9.53 Å². The quantitative estimate of drug-likeness (QED) is 0.821. The Balaban J connectivity index is 2.28. The lowest BCUT2D eigenvalue weighted by Crippen LogP contribution is -2.27. The summed E-state index contributed by atoms with van der Waals surface area (Å²) >= 11 is 0. The van der Waals surface area contributed by atoms with Gasteiger partial charge in [0.25, 0.3) is 5.91 Å². The molecular weight excluding hydrogens is 244 g/mol. The van der Waals surface area contributed by atoms with Gasteiger partial charge in [-0.05, 0) is 19.4 Å². The largest absolute Gasteiger partial charge is 0.477 e. The first-order valence-electron chi connectivity index (χ1n) is 6.40. The summed E-state index contributed by atoms with van der Waals surface area (Å²) in [5.74, 6) is 0.429. The maximum Gasteiger partial charge on any atom is 0.273 e. The molecule has 2 aromatic heterocycles. The third kappa shape index (κ3) is 2.83. The predicted molar refractivity (Wildman–Crippen MR) is 71.4 cm³/mol. The highest BCUT2D eigenvalue weighted by Crippen LogP contribution is 2.11. The van der Waals surface area contributed by atoms with E-state index in [-0.39, 0.29) is 5.91 Å². The van der Waals surface area contributed by atoms with E-state index in [1.165, 1.54) is 0 Å². The van der Waals surface area contributed by atoms with E-state index in [4.69, 9.17) is 4.74 Å². The molecule has 1 amide bonds. The minimum Gasteiger partial charge on any atom is -0.477 e. The molecule has 0 radical (unpaired) electrons. The zero-order valence-corrected chi connectivity index (χ0v) is 11.5. The van der Waals surface area contributed by atoms with Crippen LogP contribution in [0, 0.1) is 0 Å². The van der Waals surface area contributed by atoms with Crippen LogP contribution in [0.2, 0.25) is 0 Å². The number of imidazole rings is 1. The van der Waals surface area contributed by atoms with Crippen molar-refractivity contribution in [3.63, 3.8) is 0 Å². The lowest BCUT2D eigenvalue weighted by atomic mass is 10.3. The molecular formula is C13H18N4O2. The van der Waals surface area contributed by atoms with Gasteiger partial charge in [-0.2, -0.15) is 0 Å². The molecule has 102 valence electrons. The summed E-state index contributed by atoms with van der Waals surface area (Å²) in [5, 5.41) is 4.23. The van der Waals surface area contributed by atoms with Crippen LogP contribution in [0.15, 0.2) is 18.3 Å². The van der Waals surface area contributed by atoms with E-state index in [0.717, 1.165) is 6.42 Å². The summed E-state index contributed by atoms with van der Waals surface area (Å²) in [6, 6.07) is 3.53. The minimum absolute atomic E-state index is 0.0923. The second kappa shape index (κ2) is 5.69. The molecule has 0 unspecified atom stereocenters. The fraction of sp³-hybridized carbons (Fsp3) is 0.462. The smallest absolute Gasteiger partial charge is 0.273 e. The molecule has 0 aromatic carbocycles. The highest BCUT2D eigenvalue weighted by atomic mass is 16.5. The molecule has 2 aromatic rings. The van der Waals surface area contributed by atoms with Crippen LogP contribution >= 0.6 is 0 Å². The molecule has 6 heteroatoms. The van der Waals surface area contributed by atoms with Crippen molar-refractivity contribution in [1.82, 2.24) is 19.5 Å². The van der Waals surface area contributed by atoms with E-state index in [0.29, 0.717) is 30.4 Å². The number of carbonyl (C=O) groups is 1. The molecule has 0 spiro atoms. The maximum absolute atomic E-state index is 12.1. The molecule has 19 heavy (non-hydrogen) atoms. The SMILES string of the molecule is CCCN(C)C(=O)c1cn2nc(OCC)ccc2n1. The average molecular weight is 262 g/mol. The minimum atomic E-state index is -0.0923. The van der Waals surface area contributed by atoms with Crippen molar-refractivity contribution in [2.24, 2.45) is 0 Å². The van der Waals surface area contributed by atoms with E-state index in [1.807, 2.05) is 13.8 Å². The first-order chi connectivity index (χ1) is 9.15. The Kier molecular flexibility index (Phi) is 3.99. The zero-order chi connectivity index (χ0) is 13.8. The molecule has 2 heterocycles. The van der Waals surface area contributed by atoms with E-state index in [9.17, 15) is 4.79 Å². The van der Waals surface area contributed by atoms with Crippen LogP contribution in [-0.4, -0.2) is 45.6 Å². The predicted octanol–water partition coefficient (Wildman–Crippen LogP) is 1.61. The number of ether oxygens (including phenoxy) is 1. The van der Waals surface area contributed by atoms with Gasteiger partial charge in [0, 0.05) is 19.7 Å². The summed E-state index contributed by atoms with van der Waals surface area (Å²) in [4.78, 5) is 18.0. The lowest BCUT2D eigenvalue weighted by Gasteiger charge is -2.13. The van der Waals surface area contributed by atoms with E-state index < -0.39 is 0 Å². The molecule has 6 nitrogen and oxygen atoms in total. The van der Waals surface area contributed by atoms with Crippen molar-refractivity contribution in [2.45, 2.75) is 20.3 Å². The highest BCUT2D eigenvalue weighted by Gasteiger charge is 2.15. The third-order valence-electron chi connectivity index (χ3n) is 2.71. The van der Waals surface area contributed by atoms with Gasteiger partial charge in [-0.25, -0.2) is 9.50 Å². The van der Waals surface area contributed by atoms with Gasteiger partial charge in [0.1, 0.15) is 5.69 Å². The number of hydrogen-bond acceptors (Lipinski definition) is 4. The molecule has 0 saturated heterocycles.